The average Bonchev–Trinajstić information content (AvgIpc) is 3.23. The lowest BCUT2D eigenvalue weighted by Gasteiger charge is -2.41. The second kappa shape index (κ2) is 8.79. The van der Waals surface area contributed by atoms with Crippen LogP contribution in [-0.4, -0.2) is 60.3 Å². The molecule has 34 heavy (non-hydrogen) atoms. The summed E-state index contributed by atoms with van der Waals surface area (Å²) in [4.78, 5) is 20.9. The number of aromatic nitrogens is 2. The molecule has 4 rings (SSSR count). The van der Waals surface area contributed by atoms with Crippen molar-refractivity contribution in [1.29, 1.82) is 0 Å². The maximum absolute atomic E-state index is 15.7. The molecule has 0 unspecified atom stereocenters. The van der Waals surface area contributed by atoms with E-state index in [4.69, 9.17) is 10.5 Å². The Morgan fingerprint density at radius 2 is 2.06 bits per heavy atom. The maximum atomic E-state index is 15.7. The Labute approximate surface area is 197 Å². The Hall–Kier alpha value is -3.34. The highest BCUT2D eigenvalue weighted by Crippen LogP contribution is 2.36. The molecular weight excluding hydrogens is 461 g/mol. The molecule has 9 nitrogen and oxygen atoms in total. The van der Waals surface area contributed by atoms with Gasteiger partial charge in [-0.25, -0.2) is 22.6 Å². The molecule has 1 amide bonds. The molecule has 0 bridgehead atoms. The minimum atomic E-state index is -4.21. The molecule has 1 aliphatic heterocycles. The summed E-state index contributed by atoms with van der Waals surface area (Å²) in [5, 5.41) is 0.539. The van der Waals surface area contributed by atoms with Crippen molar-refractivity contribution in [3.63, 3.8) is 0 Å². The maximum Gasteiger partial charge on any atom is 0.410 e. The summed E-state index contributed by atoms with van der Waals surface area (Å²) in [6.07, 6.45) is 0.912. The SMILES string of the molecule is CC(C)(C)OC(=O)N1CC[C@H](N(c2ccnc3[nH]ccc23)S(=O)(=O)c2cccc(N)c2)[C@@H](F)C1. The van der Waals surface area contributed by atoms with E-state index in [1.807, 2.05) is 0 Å². The number of halogens is 1. The van der Waals surface area contributed by atoms with E-state index < -0.39 is 33.9 Å². The van der Waals surface area contributed by atoms with Gasteiger partial charge in [-0.15, -0.1) is 0 Å². The molecule has 2 aromatic heterocycles. The number of carbonyl (C=O) groups is 1. The van der Waals surface area contributed by atoms with E-state index in [-0.39, 0.29) is 30.1 Å². The van der Waals surface area contributed by atoms with E-state index in [1.54, 1.807) is 45.2 Å². The van der Waals surface area contributed by atoms with E-state index in [0.29, 0.717) is 16.7 Å². The first kappa shape index (κ1) is 23.8. The third kappa shape index (κ3) is 4.65. The fraction of sp³-hybridized carbons (Fsp3) is 0.391. The van der Waals surface area contributed by atoms with Gasteiger partial charge >= 0.3 is 6.09 Å². The van der Waals surface area contributed by atoms with Crippen LogP contribution in [0.5, 0.6) is 0 Å². The van der Waals surface area contributed by atoms with Crippen LogP contribution in [0.25, 0.3) is 11.0 Å². The number of rotatable bonds is 4. The van der Waals surface area contributed by atoms with Crippen LogP contribution in [0.3, 0.4) is 0 Å². The Morgan fingerprint density at radius 3 is 2.74 bits per heavy atom. The van der Waals surface area contributed by atoms with E-state index in [9.17, 15) is 13.2 Å². The van der Waals surface area contributed by atoms with Crippen molar-refractivity contribution in [3.05, 3.63) is 48.8 Å². The normalized spacial score (nSPS) is 19.2. The molecule has 0 spiro atoms. The number of hydrogen-bond acceptors (Lipinski definition) is 6. The second-order valence-corrected chi connectivity index (χ2v) is 11.1. The van der Waals surface area contributed by atoms with Gasteiger partial charge in [-0.3, -0.25) is 4.31 Å². The standard InChI is InChI=1S/C23H28FN5O4S/c1-23(2,3)33-22(30)28-12-9-20(18(24)14-28)29(19-8-11-27-21-17(19)7-10-26-21)34(31,32)16-6-4-5-15(25)13-16/h4-8,10-11,13,18,20H,9,12,14,25H2,1-3H3,(H,26,27)/t18-,20-/m0/s1. The number of aromatic amines is 1. The lowest BCUT2D eigenvalue weighted by Crippen LogP contribution is -2.56. The van der Waals surface area contributed by atoms with Gasteiger partial charge in [-0.05, 0) is 57.5 Å². The van der Waals surface area contributed by atoms with Crippen molar-refractivity contribution in [2.24, 2.45) is 0 Å². The van der Waals surface area contributed by atoms with E-state index in [2.05, 4.69) is 9.97 Å². The number of nitrogen functional groups attached to an aromatic ring is 1. The number of benzene rings is 1. The number of hydrogen-bond donors (Lipinski definition) is 2. The minimum absolute atomic E-state index is 0.0465. The lowest BCUT2D eigenvalue weighted by atomic mass is 10.0. The third-order valence-electron chi connectivity index (χ3n) is 5.55. The quantitative estimate of drug-likeness (QED) is 0.539. The summed E-state index contributed by atoms with van der Waals surface area (Å²) in [5.41, 5.74) is 6.18. The van der Waals surface area contributed by atoms with Crippen LogP contribution in [0.2, 0.25) is 0 Å². The zero-order chi connectivity index (χ0) is 24.7. The molecular formula is C23H28FN5O4S. The van der Waals surface area contributed by atoms with Crippen LogP contribution in [0.15, 0.2) is 53.7 Å². The van der Waals surface area contributed by atoms with Gasteiger partial charge in [0, 0.05) is 30.0 Å². The fourth-order valence-electron chi connectivity index (χ4n) is 4.06. The zero-order valence-corrected chi connectivity index (χ0v) is 20.0. The van der Waals surface area contributed by atoms with Crippen molar-refractivity contribution in [2.75, 3.05) is 23.1 Å². The number of nitrogens with one attached hydrogen (secondary N) is 1. The highest BCUT2D eigenvalue weighted by Gasteiger charge is 2.42. The molecule has 0 saturated carbocycles. The van der Waals surface area contributed by atoms with Crippen LogP contribution in [0, 0.1) is 0 Å². The van der Waals surface area contributed by atoms with Crippen molar-refractivity contribution in [3.8, 4) is 0 Å². The number of nitrogens with zero attached hydrogens (tertiary/aromatic N) is 3. The van der Waals surface area contributed by atoms with Crippen molar-refractivity contribution in [2.45, 2.75) is 49.9 Å². The molecule has 0 aliphatic carbocycles. The topological polar surface area (TPSA) is 122 Å². The number of carbonyl (C=O) groups excluding carboxylic acids is 1. The van der Waals surface area contributed by atoms with Gasteiger partial charge in [-0.2, -0.15) is 0 Å². The molecule has 1 aliphatic rings. The predicted octanol–water partition coefficient (Wildman–Crippen LogP) is 3.69. The molecule has 182 valence electrons. The highest BCUT2D eigenvalue weighted by atomic mass is 32.2. The average molecular weight is 490 g/mol. The molecule has 1 aromatic carbocycles. The summed E-state index contributed by atoms with van der Waals surface area (Å²) in [6.45, 7) is 5.05. The summed E-state index contributed by atoms with van der Waals surface area (Å²) in [5.74, 6) is 0. The highest BCUT2D eigenvalue weighted by molar-refractivity contribution is 7.92. The number of nitrogens with two attached hydrogens (primary N) is 1. The number of sulfonamides is 1. The fourth-order valence-corrected chi connectivity index (χ4v) is 5.84. The molecule has 3 N–H and O–H groups in total. The van der Waals surface area contributed by atoms with Gasteiger partial charge in [0.1, 0.15) is 17.4 Å². The van der Waals surface area contributed by atoms with Gasteiger partial charge in [0.05, 0.1) is 23.2 Å². The molecule has 1 fully saturated rings. The number of anilines is 2. The number of pyridine rings is 1. The number of H-pyrrole nitrogens is 1. The predicted molar refractivity (Wildman–Crippen MR) is 128 cm³/mol. The minimum Gasteiger partial charge on any atom is -0.444 e. The Bertz CT molecular complexity index is 1300. The van der Waals surface area contributed by atoms with Crippen LogP contribution >= 0.6 is 0 Å². The first-order valence-electron chi connectivity index (χ1n) is 10.9. The Morgan fingerprint density at radius 1 is 1.29 bits per heavy atom. The second-order valence-electron chi connectivity index (χ2n) is 9.24. The third-order valence-corrected chi connectivity index (χ3v) is 7.38. The number of fused-ring (bicyclic) bond motifs is 1. The van der Waals surface area contributed by atoms with E-state index >= 15 is 4.39 Å². The van der Waals surface area contributed by atoms with Gasteiger partial charge in [0.15, 0.2) is 0 Å². The first-order valence-corrected chi connectivity index (χ1v) is 12.4. The summed E-state index contributed by atoms with van der Waals surface area (Å²) < 4.78 is 49.9. The van der Waals surface area contributed by atoms with Gasteiger partial charge in [0.25, 0.3) is 10.0 Å². The molecule has 11 heteroatoms. The molecule has 3 heterocycles. The van der Waals surface area contributed by atoms with Crippen molar-refractivity contribution in [1.82, 2.24) is 14.9 Å². The zero-order valence-electron chi connectivity index (χ0n) is 19.2. The van der Waals surface area contributed by atoms with Gasteiger partial charge in [-0.1, -0.05) is 6.07 Å². The Kier molecular flexibility index (Phi) is 6.15. The molecule has 2 atom stereocenters. The number of amides is 1. The van der Waals surface area contributed by atoms with Gasteiger partial charge in [0.2, 0.25) is 0 Å². The Balaban J connectivity index is 1.74. The molecule has 0 radical (unpaired) electrons. The largest absolute Gasteiger partial charge is 0.444 e. The summed E-state index contributed by atoms with van der Waals surface area (Å²) in [6, 6.07) is 8.09. The van der Waals surface area contributed by atoms with E-state index in [1.165, 1.54) is 29.3 Å². The smallest absolute Gasteiger partial charge is 0.410 e. The number of piperidine rings is 1. The van der Waals surface area contributed by atoms with Crippen LogP contribution in [0.1, 0.15) is 27.2 Å². The number of ether oxygens (including phenoxy) is 1. The van der Waals surface area contributed by atoms with Crippen LogP contribution in [-0.2, 0) is 14.8 Å². The lowest BCUT2D eigenvalue weighted by molar-refractivity contribution is 0.0118. The van der Waals surface area contributed by atoms with Crippen LogP contribution in [0.4, 0.5) is 20.6 Å². The summed E-state index contributed by atoms with van der Waals surface area (Å²) >= 11 is 0. The first-order chi connectivity index (χ1) is 16.0. The van der Waals surface area contributed by atoms with Crippen molar-refractivity contribution >= 4 is 38.5 Å². The molecule has 1 saturated heterocycles. The van der Waals surface area contributed by atoms with Crippen LogP contribution < -0.4 is 10.0 Å². The monoisotopic (exact) mass is 489 g/mol. The van der Waals surface area contributed by atoms with Gasteiger partial charge < -0.3 is 20.4 Å². The van der Waals surface area contributed by atoms with Crippen molar-refractivity contribution < 1.29 is 22.3 Å². The number of alkyl halides is 1. The molecule has 3 aromatic rings. The summed E-state index contributed by atoms with van der Waals surface area (Å²) in [7, 11) is -4.21. The van der Waals surface area contributed by atoms with E-state index in [0.717, 1.165) is 4.31 Å². The number of likely N-dealkylation sites (tertiary alicyclic amines) is 1.